The topological polar surface area (TPSA) is 64.6 Å². The standard InChI is InChI=1S/C21H23NO4/c1-3-14-25-19-10-8-18(9-11-19)21(24)26-15-20(23)22-13-12-17-7-5-4-6-16(17)2/h3-11H,1,12-15H2,2H3,(H,22,23). The van der Waals surface area contributed by atoms with E-state index in [9.17, 15) is 9.59 Å². The minimum Gasteiger partial charge on any atom is -0.490 e. The number of esters is 1. The molecular formula is C21H23NO4. The molecule has 2 aromatic rings. The number of ether oxygens (including phenoxy) is 2. The second-order valence-electron chi connectivity index (χ2n) is 5.73. The molecule has 1 N–H and O–H groups in total. The largest absolute Gasteiger partial charge is 0.490 e. The van der Waals surface area contributed by atoms with Crippen LogP contribution in [0.1, 0.15) is 21.5 Å². The molecule has 2 rings (SSSR count). The van der Waals surface area contributed by atoms with Gasteiger partial charge in [-0.15, -0.1) is 0 Å². The molecule has 0 fully saturated rings. The lowest BCUT2D eigenvalue weighted by molar-refractivity contribution is -0.124. The Labute approximate surface area is 153 Å². The van der Waals surface area contributed by atoms with Crippen molar-refractivity contribution in [3.63, 3.8) is 0 Å². The van der Waals surface area contributed by atoms with E-state index in [0.29, 0.717) is 24.5 Å². The van der Waals surface area contributed by atoms with E-state index in [1.165, 1.54) is 11.1 Å². The van der Waals surface area contributed by atoms with Gasteiger partial charge in [-0.25, -0.2) is 4.79 Å². The Hall–Kier alpha value is -3.08. The summed E-state index contributed by atoms with van der Waals surface area (Å²) < 4.78 is 10.4. The number of carbonyl (C=O) groups excluding carboxylic acids is 2. The lowest BCUT2D eigenvalue weighted by atomic mass is 10.1. The first-order chi connectivity index (χ1) is 12.6. The molecule has 5 nitrogen and oxygen atoms in total. The van der Waals surface area contributed by atoms with Crippen LogP contribution in [0.25, 0.3) is 0 Å². The van der Waals surface area contributed by atoms with Crippen LogP contribution in [-0.2, 0) is 16.0 Å². The summed E-state index contributed by atoms with van der Waals surface area (Å²) in [4.78, 5) is 23.8. The van der Waals surface area contributed by atoms with Gasteiger partial charge in [-0.3, -0.25) is 4.79 Å². The van der Waals surface area contributed by atoms with Crippen LogP contribution in [0.15, 0.2) is 61.2 Å². The predicted octanol–water partition coefficient (Wildman–Crippen LogP) is 3.08. The summed E-state index contributed by atoms with van der Waals surface area (Å²) in [6.07, 6.45) is 2.37. The number of benzene rings is 2. The van der Waals surface area contributed by atoms with Crippen molar-refractivity contribution in [2.75, 3.05) is 19.8 Å². The molecule has 0 spiro atoms. The number of carbonyl (C=O) groups is 2. The van der Waals surface area contributed by atoms with Gasteiger partial charge in [-0.1, -0.05) is 36.9 Å². The van der Waals surface area contributed by atoms with E-state index in [0.717, 1.165) is 6.42 Å². The molecule has 1 amide bonds. The minimum atomic E-state index is -0.547. The van der Waals surface area contributed by atoms with E-state index < -0.39 is 5.97 Å². The first-order valence-electron chi connectivity index (χ1n) is 8.42. The smallest absolute Gasteiger partial charge is 0.338 e. The quantitative estimate of drug-likeness (QED) is 0.556. The summed E-state index contributed by atoms with van der Waals surface area (Å²) >= 11 is 0. The van der Waals surface area contributed by atoms with E-state index in [2.05, 4.69) is 11.9 Å². The highest BCUT2D eigenvalue weighted by Crippen LogP contribution is 2.13. The van der Waals surface area contributed by atoms with E-state index in [4.69, 9.17) is 9.47 Å². The van der Waals surface area contributed by atoms with E-state index in [-0.39, 0.29) is 12.5 Å². The Bertz CT molecular complexity index is 753. The molecule has 0 aliphatic heterocycles. The molecular weight excluding hydrogens is 330 g/mol. The zero-order chi connectivity index (χ0) is 18.8. The molecule has 2 aromatic carbocycles. The van der Waals surface area contributed by atoms with Gasteiger partial charge >= 0.3 is 5.97 Å². The summed E-state index contributed by atoms with van der Waals surface area (Å²) in [5.74, 6) is -0.234. The molecule has 0 aliphatic rings. The number of nitrogens with one attached hydrogen (secondary N) is 1. The first kappa shape index (κ1) is 19.2. The van der Waals surface area contributed by atoms with Crippen LogP contribution in [-0.4, -0.2) is 31.6 Å². The van der Waals surface area contributed by atoms with E-state index >= 15 is 0 Å². The SMILES string of the molecule is C=CCOc1ccc(C(=O)OCC(=O)NCCc2ccccc2C)cc1. The fourth-order valence-corrected chi connectivity index (χ4v) is 2.34. The fourth-order valence-electron chi connectivity index (χ4n) is 2.34. The number of hydrogen-bond acceptors (Lipinski definition) is 4. The maximum absolute atomic E-state index is 12.0. The number of hydrogen-bond donors (Lipinski definition) is 1. The Kier molecular flexibility index (Phi) is 7.43. The second-order valence-corrected chi connectivity index (χ2v) is 5.73. The third-order valence-electron chi connectivity index (χ3n) is 3.77. The highest BCUT2D eigenvalue weighted by molar-refractivity contribution is 5.91. The van der Waals surface area contributed by atoms with Crippen LogP contribution in [0.5, 0.6) is 5.75 Å². The van der Waals surface area contributed by atoms with Gasteiger partial charge in [-0.05, 0) is 48.7 Å². The third kappa shape index (κ3) is 6.09. The summed E-state index contributed by atoms with van der Waals surface area (Å²) in [5, 5.41) is 2.75. The molecule has 136 valence electrons. The first-order valence-corrected chi connectivity index (χ1v) is 8.42. The van der Waals surface area contributed by atoms with Gasteiger partial charge in [0.25, 0.3) is 5.91 Å². The van der Waals surface area contributed by atoms with Crippen LogP contribution >= 0.6 is 0 Å². The monoisotopic (exact) mass is 353 g/mol. The van der Waals surface area contributed by atoms with Crippen molar-refractivity contribution >= 4 is 11.9 Å². The van der Waals surface area contributed by atoms with Gasteiger partial charge in [0.15, 0.2) is 6.61 Å². The lowest BCUT2D eigenvalue weighted by Crippen LogP contribution is -2.30. The molecule has 0 unspecified atom stereocenters. The average molecular weight is 353 g/mol. The zero-order valence-corrected chi connectivity index (χ0v) is 14.9. The Balaban J connectivity index is 1.72. The molecule has 5 heteroatoms. The molecule has 0 bridgehead atoms. The lowest BCUT2D eigenvalue weighted by Gasteiger charge is -2.08. The Morgan fingerprint density at radius 3 is 2.54 bits per heavy atom. The van der Waals surface area contributed by atoms with Crippen molar-refractivity contribution < 1.29 is 19.1 Å². The van der Waals surface area contributed by atoms with E-state index in [1.54, 1.807) is 30.3 Å². The van der Waals surface area contributed by atoms with Crippen molar-refractivity contribution in [3.05, 3.63) is 77.9 Å². The molecule has 0 heterocycles. The summed E-state index contributed by atoms with van der Waals surface area (Å²) in [5.41, 5.74) is 2.74. The van der Waals surface area contributed by atoms with Crippen molar-refractivity contribution in [1.82, 2.24) is 5.32 Å². The van der Waals surface area contributed by atoms with Gasteiger partial charge in [0.2, 0.25) is 0 Å². The van der Waals surface area contributed by atoms with Crippen molar-refractivity contribution in [3.8, 4) is 5.75 Å². The number of rotatable bonds is 9. The highest BCUT2D eigenvalue weighted by atomic mass is 16.5. The van der Waals surface area contributed by atoms with Gasteiger partial charge in [0.05, 0.1) is 5.56 Å². The normalized spacial score (nSPS) is 10.0. The van der Waals surface area contributed by atoms with Gasteiger partial charge in [-0.2, -0.15) is 0 Å². The molecule has 0 radical (unpaired) electrons. The summed E-state index contributed by atoms with van der Waals surface area (Å²) in [6, 6.07) is 14.5. The third-order valence-corrected chi connectivity index (χ3v) is 3.77. The summed E-state index contributed by atoms with van der Waals surface area (Å²) in [6.45, 7) is 6.19. The average Bonchev–Trinajstić information content (AvgIpc) is 2.66. The molecule has 0 saturated carbocycles. The maximum Gasteiger partial charge on any atom is 0.338 e. The number of amides is 1. The van der Waals surface area contributed by atoms with Gasteiger partial charge in [0.1, 0.15) is 12.4 Å². The molecule has 0 saturated heterocycles. The number of aryl methyl sites for hydroxylation is 1. The van der Waals surface area contributed by atoms with Crippen molar-refractivity contribution in [1.29, 1.82) is 0 Å². The van der Waals surface area contributed by atoms with Gasteiger partial charge in [0, 0.05) is 6.54 Å². The molecule has 0 aromatic heterocycles. The van der Waals surface area contributed by atoms with Crippen LogP contribution in [0.3, 0.4) is 0 Å². The van der Waals surface area contributed by atoms with Crippen molar-refractivity contribution in [2.24, 2.45) is 0 Å². The molecule has 0 atom stereocenters. The maximum atomic E-state index is 12.0. The minimum absolute atomic E-state index is 0.304. The van der Waals surface area contributed by atoms with Crippen LogP contribution in [0.4, 0.5) is 0 Å². The van der Waals surface area contributed by atoms with Crippen molar-refractivity contribution in [2.45, 2.75) is 13.3 Å². The Morgan fingerprint density at radius 2 is 1.85 bits per heavy atom. The second kappa shape index (κ2) is 10.0. The summed E-state index contributed by atoms with van der Waals surface area (Å²) in [7, 11) is 0. The van der Waals surface area contributed by atoms with Crippen LogP contribution in [0.2, 0.25) is 0 Å². The molecule has 0 aliphatic carbocycles. The fraction of sp³-hybridized carbons (Fsp3) is 0.238. The molecule has 26 heavy (non-hydrogen) atoms. The highest BCUT2D eigenvalue weighted by Gasteiger charge is 2.10. The van der Waals surface area contributed by atoms with Crippen LogP contribution in [0, 0.1) is 6.92 Å². The zero-order valence-electron chi connectivity index (χ0n) is 14.9. The Morgan fingerprint density at radius 1 is 1.12 bits per heavy atom. The van der Waals surface area contributed by atoms with Crippen LogP contribution < -0.4 is 10.1 Å². The van der Waals surface area contributed by atoms with Gasteiger partial charge < -0.3 is 14.8 Å². The predicted molar refractivity (Wildman–Crippen MR) is 100 cm³/mol. The van der Waals surface area contributed by atoms with E-state index in [1.807, 2.05) is 31.2 Å².